The van der Waals surface area contributed by atoms with Crippen LogP contribution in [0.1, 0.15) is 25.0 Å². The molecule has 2 N–H and O–H groups in total. The third-order valence-corrected chi connectivity index (χ3v) is 3.07. The van der Waals surface area contributed by atoms with Gasteiger partial charge in [-0.3, -0.25) is 5.41 Å². The molecule has 1 aromatic rings. The number of hydrogen-bond acceptors (Lipinski definition) is 3. The molecule has 0 aliphatic rings. The van der Waals surface area contributed by atoms with Crippen LogP contribution in [0.5, 0.6) is 0 Å². The Labute approximate surface area is 115 Å². The Bertz CT molecular complexity index is 463. The van der Waals surface area contributed by atoms with Gasteiger partial charge in [-0.1, -0.05) is 29.3 Å². The van der Waals surface area contributed by atoms with Crippen LogP contribution in [0.25, 0.3) is 0 Å². The molecule has 0 aliphatic carbocycles. The summed E-state index contributed by atoms with van der Waals surface area (Å²) in [6, 6.07) is 4.96. The van der Waals surface area contributed by atoms with Gasteiger partial charge in [0.25, 0.3) is 0 Å². The van der Waals surface area contributed by atoms with Crippen molar-refractivity contribution in [3.05, 3.63) is 33.8 Å². The Kier molecular flexibility index (Phi) is 5.59. The second-order valence-corrected chi connectivity index (χ2v) is 4.42. The summed E-state index contributed by atoms with van der Waals surface area (Å²) in [6.07, 6.45) is -0.519. The highest BCUT2D eigenvalue weighted by molar-refractivity contribution is 6.42. The van der Waals surface area contributed by atoms with Crippen LogP contribution in [0, 0.1) is 5.41 Å². The first-order valence-corrected chi connectivity index (χ1v) is 6.08. The van der Waals surface area contributed by atoms with Gasteiger partial charge < -0.3 is 9.84 Å². The first-order valence-electron chi connectivity index (χ1n) is 5.33. The summed E-state index contributed by atoms with van der Waals surface area (Å²) >= 11 is 11.7. The Hall–Kier alpha value is -1.10. The molecular weight excluding hydrogens is 277 g/mol. The summed E-state index contributed by atoms with van der Waals surface area (Å²) in [5.74, 6) is -1.25. The van der Waals surface area contributed by atoms with Crippen LogP contribution in [0.15, 0.2) is 18.2 Å². The largest absolute Gasteiger partial charge is 0.477 e. The fourth-order valence-electron chi connectivity index (χ4n) is 1.46. The first-order chi connectivity index (χ1) is 8.45. The van der Waals surface area contributed by atoms with Crippen LogP contribution in [0.3, 0.4) is 0 Å². The van der Waals surface area contributed by atoms with Crippen LogP contribution >= 0.6 is 23.2 Å². The van der Waals surface area contributed by atoms with Crippen molar-refractivity contribution in [2.45, 2.75) is 19.4 Å². The number of halogens is 2. The summed E-state index contributed by atoms with van der Waals surface area (Å²) in [6.45, 7) is 2.22. The highest BCUT2D eigenvalue weighted by Crippen LogP contribution is 2.29. The fourth-order valence-corrected chi connectivity index (χ4v) is 1.77. The molecule has 0 fully saturated rings. The maximum absolute atomic E-state index is 10.7. The van der Waals surface area contributed by atoms with E-state index in [0.29, 0.717) is 22.2 Å². The van der Waals surface area contributed by atoms with Gasteiger partial charge in [-0.05, 0) is 24.6 Å². The third-order valence-electron chi connectivity index (χ3n) is 2.33. The Morgan fingerprint density at radius 2 is 2.11 bits per heavy atom. The fraction of sp³-hybridized carbons (Fsp3) is 0.333. The molecule has 0 aromatic heterocycles. The molecule has 0 bridgehead atoms. The number of rotatable bonds is 6. The monoisotopic (exact) mass is 289 g/mol. The number of aliphatic carboxylic acids is 1. The second kappa shape index (κ2) is 6.73. The van der Waals surface area contributed by atoms with Crippen LogP contribution < -0.4 is 0 Å². The molecule has 0 saturated carbocycles. The van der Waals surface area contributed by atoms with E-state index in [9.17, 15) is 4.79 Å². The predicted octanol–water partition coefficient (Wildman–Crippen LogP) is 3.57. The van der Waals surface area contributed by atoms with Gasteiger partial charge in [0.1, 0.15) is 5.71 Å². The van der Waals surface area contributed by atoms with Crippen molar-refractivity contribution in [1.82, 2.24) is 0 Å². The van der Waals surface area contributed by atoms with Crippen LogP contribution in [0.4, 0.5) is 0 Å². The molecule has 1 atom stereocenters. The number of hydrogen-bond donors (Lipinski definition) is 2. The highest BCUT2D eigenvalue weighted by atomic mass is 35.5. The molecular formula is C12H13Cl2NO3. The van der Waals surface area contributed by atoms with Gasteiger partial charge in [0.15, 0.2) is 0 Å². The number of carboxylic acid groups (broad SMARTS) is 1. The van der Waals surface area contributed by atoms with Crippen molar-refractivity contribution < 1.29 is 14.6 Å². The van der Waals surface area contributed by atoms with Gasteiger partial charge in [0.05, 0.1) is 16.1 Å². The van der Waals surface area contributed by atoms with E-state index in [4.69, 9.17) is 38.5 Å². The number of carboxylic acids is 1. The van der Waals surface area contributed by atoms with Gasteiger partial charge in [-0.2, -0.15) is 0 Å². The molecule has 6 heteroatoms. The topological polar surface area (TPSA) is 70.4 Å². The Balaban J connectivity index is 2.93. The van der Waals surface area contributed by atoms with E-state index in [1.54, 1.807) is 25.1 Å². The van der Waals surface area contributed by atoms with E-state index < -0.39 is 17.8 Å². The molecule has 0 saturated heterocycles. The van der Waals surface area contributed by atoms with Crippen molar-refractivity contribution in [1.29, 1.82) is 5.41 Å². The van der Waals surface area contributed by atoms with Gasteiger partial charge >= 0.3 is 5.97 Å². The van der Waals surface area contributed by atoms with Crippen molar-refractivity contribution in [2.24, 2.45) is 0 Å². The lowest BCUT2D eigenvalue weighted by Crippen LogP contribution is -2.17. The van der Waals surface area contributed by atoms with Crippen LogP contribution in [0.2, 0.25) is 10.0 Å². The van der Waals surface area contributed by atoms with E-state index in [-0.39, 0.29) is 6.42 Å². The molecule has 0 spiro atoms. The number of carbonyl (C=O) groups is 1. The van der Waals surface area contributed by atoms with E-state index in [1.807, 2.05) is 0 Å². The molecule has 98 valence electrons. The standard InChI is InChI=1S/C12H13Cl2NO3/c1-2-18-11(6-10(15)12(16)17)7-3-4-8(13)9(14)5-7/h3-5,11,15H,2,6H2,1H3,(H,16,17). The zero-order valence-electron chi connectivity index (χ0n) is 9.74. The maximum Gasteiger partial charge on any atom is 0.349 e. The molecule has 1 unspecified atom stereocenters. The lowest BCUT2D eigenvalue weighted by molar-refractivity contribution is -0.129. The van der Waals surface area contributed by atoms with Gasteiger partial charge in [-0.25, -0.2) is 4.79 Å². The predicted molar refractivity (Wildman–Crippen MR) is 70.8 cm³/mol. The Morgan fingerprint density at radius 1 is 1.44 bits per heavy atom. The van der Waals surface area contributed by atoms with Crippen molar-refractivity contribution in [3.63, 3.8) is 0 Å². The van der Waals surface area contributed by atoms with Crippen molar-refractivity contribution >= 4 is 34.9 Å². The summed E-state index contributed by atoms with van der Waals surface area (Å²) < 4.78 is 5.44. The molecule has 4 nitrogen and oxygen atoms in total. The molecule has 0 aliphatic heterocycles. The zero-order chi connectivity index (χ0) is 13.7. The lowest BCUT2D eigenvalue weighted by Gasteiger charge is -2.17. The minimum absolute atomic E-state index is 0.0128. The van der Waals surface area contributed by atoms with Crippen molar-refractivity contribution in [3.8, 4) is 0 Å². The molecule has 1 rings (SSSR count). The maximum atomic E-state index is 10.7. The minimum Gasteiger partial charge on any atom is -0.477 e. The number of nitrogens with one attached hydrogen (secondary N) is 1. The highest BCUT2D eigenvalue weighted by Gasteiger charge is 2.18. The average molecular weight is 290 g/mol. The van der Waals surface area contributed by atoms with Gasteiger partial charge in [0, 0.05) is 13.0 Å². The van der Waals surface area contributed by atoms with E-state index in [1.165, 1.54) is 0 Å². The van der Waals surface area contributed by atoms with Crippen LogP contribution in [-0.2, 0) is 9.53 Å². The summed E-state index contributed by atoms with van der Waals surface area (Å²) in [4.78, 5) is 10.7. The lowest BCUT2D eigenvalue weighted by atomic mass is 10.0. The molecule has 0 radical (unpaired) electrons. The van der Waals surface area contributed by atoms with E-state index in [2.05, 4.69) is 0 Å². The summed E-state index contributed by atoms with van der Waals surface area (Å²) in [7, 11) is 0. The SMILES string of the molecule is CCOC(CC(=N)C(=O)O)c1ccc(Cl)c(Cl)c1. The molecule has 18 heavy (non-hydrogen) atoms. The zero-order valence-corrected chi connectivity index (χ0v) is 11.3. The van der Waals surface area contributed by atoms with Gasteiger partial charge in [-0.15, -0.1) is 0 Å². The Morgan fingerprint density at radius 3 is 2.61 bits per heavy atom. The number of ether oxygens (including phenoxy) is 1. The third kappa shape index (κ3) is 3.98. The van der Waals surface area contributed by atoms with E-state index >= 15 is 0 Å². The van der Waals surface area contributed by atoms with Crippen LogP contribution in [-0.4, -0.2) is 23.4 Å². The first kappa shape index (κ1) is 15.0. The summed E-state index contributed by atoms with van der Waals surface area (Å²) in [5, 5.41) is 16.9. The van der Waals surface area contributed by atoms with Gasteiger partial charge in [0.2, 0.25) is 0 Å². The average Bonchev–Trinajstić information content (AvgIpc) is 2.32. The van der Waals surface area contributed by atoms with E-state index in [0.717, 1.165) is 0 Å². The quantitative estimate of drug-likeness (QED) is 0.787. The van der Waals surface area contributed by atoms with Crippen molar-refractivity contribution in [2.75, 3.05) is 6.61 Å². The summed E-state index contributed by atoms with van der Waals surface area (Å²) in [5.41, 5.74) is 0.303. The molecule has 1 aromatic carbocycles. The molecule has 0 heterocycles. The second-order valence-electron chi connectivity index (χ2n) is 3.61. The smallest absolute Gasteiger partial charge is 0.349 e. The normalized spacial score (nSPS) is 12.2. The molecule has 0 amide bonds. The number of benzene rings is 1. The minimum atomic E-state index is -1.25.